The quantitative estimate of drug-likeness (QED) is 0.864. The zero-order valence-electron chi connectivity index (χ0n) is 16.7. The molecule has 0 saturated carbocycles. The first-order chi connectivity index (χ1) is 13.2. The van der Waals surface area contributed by atoms with Gasteiger partial charge in [0.2, 0.25) is 17.7 Å². The predicted molar refractivity (Wildman–Crippen MR) is 104 cm³/mol. The van der Waals surface area contributed by atoms with Crippen molar-refractivity contribution in [2.75, 3.05) is 25.0 Å². The number of anilines is 1. The molecule has 1 aromatic carbocycles. The van der Waals surface area contributed by atoms with E-state index in [2.05, 4.69) is 5.32 Å². The van der Waals surface area contributed by atoms with Gasteiger partial charge in [0.15, 0.2) is 0 Å². The zero-order chi connectivity index (χ0) is 20.5. The van der Waals surface area contributed by atoms with Crippen molar-refractivity contribution >= 4 is 23.4 Å². The van der Waals surface area contributed by atoms with Crippen LogP contribution in [0.1, 0.15) is 40.0 Å². The maximum Gasteiger partial charge on any atom is 0.227 e. The standard InChI is InChI=1S/C21H28FN3O3/c1-21(2,3)25-13-15(12-18(25)26)20(28)24-10-8-14(9-11-24)19(27)23-17-7-5-4-6-16(17)22/h4-7,14-15H,8-13H2,1-3H3,(H,23,27). The van der Waals surface area contributed by atoms with E-state index in [0.717, 1.165) is 0 Å². The summed E-state index contributed by atoms with van der Waals surface area (Å²) >= 11 is 0. The summed E-state index contributed by atoms with van der Waals surface area (Å²) in [5, 5.41) is 2.64. The smallest absolute Gasteiger partial charge is 0.227 e. The lowest BCUT2D eigenvalue weighted by Gasteiger charge is -2.34. The van der Waals surface area contributed by atoms with Crippen molar-refractivity contribution in [3.63, 3.8) is 0 Å². The summed E-state index contributed by atoms with van der Waals surface area (Å²) in [6.07, 6.45) is 1.33. The number of carbonyl (C=O) groups is 3. The fourth-order valence-electron chi connectivity index (χ4n) is 3.94. The molecule has 3 amide bonds. The fraction of sp³-hybridized carbons (Fsp3) is 0.571. The van der Waals surface area contributed by atoms with Crippen molar-refractivity contribution in [3.05, 3.63) is 30.1 Å². The van der Waals surface area contributed by atoms with Crippen LogP contribution in [0.2, 0.25) is 0 Å². The number of nitrogens with one attached hydrogen (secondary N) is 1. The summed E-state index contributed by atoms with van der Waals surface area (Å²) in [7, 11) is 0. The van der Waals surface area contributed by atoms with Gasteiger partial charge in [-0.1, -0.05) is 12.1 Å². The Balaban J connectivity index is 1.52. The highest BCUT2D eigenvalue weighted by Gasteiger charge is 2.41. The highest BCUT2D eigenvalue weighted by Crippen LogP contribution is 2.29. The number of likely N-dealkylation sites (tertiary alicyclic amines) is 2. The number of hydrogen-bond donors (Lipinski definition) is 1. The van der Waals surface area contributed by atoms with Crippen molar-refractivity contribution in [2.24, 2.45) is 11.8 Å². The Bertz CT molecular complexity index is 766. The Hall–Kier alpha value is -2.44. The largest absolute Gasteiger partial charge is 0.342 e. The van der Waals surface area contributed by atoms with Crippen LogP contribution in [0.5, 0.6) is 0 Å². The third-order valence-corrected chi connectivity index (χ3v) is 5.59. The second-order valence-electron chi connectivity index (χ2n) is 8.64. The van der Waals surface area contributed by atoms with Gasteiger partial charge in [-0.05, 0) is 45.7 Å². The maximum atomic E-state index is 13.7. The van der Waals surface area contributed by atoms with Crippen LogP contribution < -0.4 is 5.32 Å². The lowest BCUT2D eigenvalue weighted by molar-refractivity contribution is -0.138. The van der Waals surface area contributed by atoms with Crippen LogP contribution in [-0.2, 0) is 14.4 Å². The minimum Gasteiger partial charge on any atom is -0.342 e. The van der Waals surface area contributed by atoms with Crippen molar-refractivity contribution in [1.82, 2.24) is 9.80 Å². The molecule has 1 unspecified atom stereocenters. The van der Waals surface area contributed by atoms with Crippen LogP contribution in [-0.4, -0.2) is 52.7 Å². The van der Waals surface area contributed by atoms with Crippen LogP contribution >= 0.6 is 0 Å². The summed E-state index contributed by atoms with van der Waals surface area (Å²) in [6.45, 7) is 7.32. The molecule has 0 aliphatic carbocycles. The molecule has 28 heavy (non-hydrogen) atoms. The average molecular weight is 389 g/mol. The third kappa shape index (κ3) is 4.34. The number of benzene rings is 1. The minimum absolute atomic E-state index is 0.00642. The third-order valence-electron chi connectivity index (χ3n) is 5.59. The summed E-state index contributed by atoms with van der Waals surface area (Å²) < 4.78 is 13.7. The number of nitrogens with zero attached hydrogens (tertiary/aromatic N) is 2. The maximum absolute atomic E-state index is 13.7. The Kier molecular flexibility index (Phi) is 5.72. The molecule has 2 heterocycles. The molecule has 3 rings (SSSR count). The molecule has 6 nitrogen and oxygen atoms in total. The fourth-order valence-corrected chi connectivity index (χ4v) is 3.94. The number of amides is 3. The van der Waals surface area contributed by atoms with Crippen LogP contribution in [0, 0.1) is 17.7 Å². The topological polar surface area (TPSA) is 69.7 Å². The first-order valence-corrected chi connectivity index (χ1v) is 9.81. The molecule has 2 aliphatic rings. The van der Waals surface area contributed by atoms with Gasteiger partial charge in [-0.25, -0.2) is 4.39 Å². The van der Waals surface area contributed by atoms with Crippen LogP contribution in [0.4, 0.5) is 10.1 Å². The summed E-state index contributed by atoms with van der Waals surface area (Å²) in [6, 6.07) is 6.08. The first kappa shape index (κ1) is 20.3. The number of para-hydroxylation sites is 1. The van der Waals surface area contributed by atoms with E-state index < -0.39 is 5.82 Å². The second kappa shape index (κ2) is 7.89. The van der Waals surface area contributed by atoms with E-state index in [1.807, 2.05) is 20.8 Å². The molecule has 0 spiro atoms. The molecular weight excluding hydrogens is 361 g/mol. The van der Waals surface area contributed by atoms with E-state index >= 15 is 0 Å². The molecule has 1 atom stereocenters. The number of piperidine rings is 1. The van der Waals surface area contributed by atoms with Crippen molar-refractivity contribution in [3.8, 4) is 0 Å². The van der Waals surface area contributed by atoms with E-state index in [-0.39, 0.29) is 47.2 Å². The number of halogens is 1. The molecule has 0 radical (unpaired) electrons. The molecule has 0 aromatic heterocycles. The van der Waals surface area contributed by atoms with Crippen molar-refractivity contribution in [2.45, 2.75) is 45.6 Å². The summed E-state index contributed by atoms with van der Waals surface area (Å²) in [4.78, 5) is 41.0. The van der Waals surface area contributed by atoms with Gasteiger partial charge in [-0.2, -0.15) is 0 Å². The Morgan fingerprint density at radius 2 is 1.75 bits per heavy atom. The SMILES string of the molecule is CC(C)(C)N1CC(C(=O)N2CCC(C(=O)Nc3ccccc3F)CC2)CC1=O. The average Bonchev–Trinajstić information content (AvgIpc) is 3.05. The monoisotopic (exact) mass is 389 g/mol. The lowest BCUT2D eigenvalue weighted by Crippen LogP contribution is -2.46. The molecule has 1 aromatic rings. The Labute approximate surface area is 165 Å². The molecule has 1 N–H and O–H groups in total. The molecule has 0 bridgehead atoms. The van der Waals surface area contributed by atoms with Crippen LogP contribution in [0.3, 0.4) is 0 Å². The molecular formula is C21H28FN3O3. The van der Waals surface area contributed by atoms with E-state index in [9.17, 15) is 18.8 Å². The number of hydrogen-bond acceptors (Lipinski definition) is 3. The van der Waals surface area contributed by atoms with Gasteiger partial charge in [0.1, 0.15) is 5.82 Å². The van der Waals surface area contributed by atoms with Gasteiger partial charge in [-0.15, -0.1) is 0 Å². The number of carbonyl (C=O) groups excluding carboxylic acids is 3. The molecule has 152 valence electrons. The van der Waals surface area contributed by atoms with Crippen LogP contribution in [0.15, 0.2) is 24.3 Å². The van der Waals surface area contributed by atoms with E-state index in [0.29, 0.717) is 32.5 Å². The van der Waals surface area contributed by atoms with Gasteiger partial charge in [0.25, 0.3) is 0 Å². The van der Waals surface area contributed by atoms with Gasteiger partial charge in [-0.3, -0.25) is 14.4 Å². The van der Waals surface area contributed by atoms with Crippen molar-refractivity contribution < 1.29 is 18.8 Å². The zero-order valence-corrected chi connectivity index (χ0v) is 16.7. The van der Waals surface area contributed by atoms with E-state index in [4.69, 9.17) is 0 Å². The van der Waals surface area contributed by atoms with Gasteiger partial charge in [0, 0.05) is 37.5 Å². The first-order valence-electron chi connectivity index (χ1n) is 9.81. The molecule has 2 aliphatic heterocycles. The molecule has 2 fully saturated rings. The minimum atomic E-state index is -0.460. The summed E-state index contributed by atoms with van der Waals surface area (Å²) in [5.74, 6) is -1.22. The highest BCUT2D eigenvalue weighted by molar-refractivity contribution is 5.93. The van der Waals surface area contributed by atoms with E-state index in [1.54, 1.807) is 21.9 Å². The Morgan fingerprint density at radius 3 is 2.32 bits per heavy atom. The van der Waals surface area contributed by atoms with Gasteiger partial charge in [0.05, 0.1) is 11.6 Å². The second-order valence-corrected chi connectivity index (χ2v) is 8.64. The van der Waals surface area contributed by atoms with E-state index in [1.165, 1.54) is 12.1 Å². The Morgan fingerprint density at radius 1 is 1.11 bits per heavy atom. The van der Waals surface area contributed by atoms with Crippen LogP contribution in [0.25, 0.3) is 0 Å². The summed E-state index contributed by atoms with van der Waals surface area (Å²) in [5.41, 5.74) is -0.109. The normalized spacial score (nSPS) is 21.1. The number of rotatable bonds is 3. The highest BCUT2D eigenvalue weighted by atomic mass is 19.1. The lowest BCUT2D eigenvalue weighted by atomic mass is 9.94. The van der Waals surface area contributed by atoms with Gasteiger partial charge < -0.3 is 15.1 Å². The molecule has 2 saturated heterocycles. The van der Waals surface area contributed by atoms with Gasteiger partial charge >= 0.3 is 0 Å². The molecule has 7 heteroatoms. The van der Waals surface area contributed by atoms with Crippen molar-refractivity contribution in [1.29, 1.82) is 0 Å². The predicted octanol–water partition coefficient (Wildman–Crippen LogP) is 2.65.